The molecule has 4 atom stereocenters. The van der Waals surface area contributed by atoms with Crippen molar-refractivity contribution in [2.45, 2.75) is 77.2 Å². The van der Waals surface area contributed by atoms with Crippen molar-refractivity contribution in [3.05, 3.63) is 29.6 Å². The maximum absolute atomic E-state index is 14.0. The Morgan fingerprint density at radius 3 is 2.36 bits per heavy atom. The molecule has 1 saturated carbocycles. The van der Waals surface area contributed by atoms with E-state index in [1.54, 1.807) is 20.8 Å². The number of carbonyl (C=O) groups is 3. The molecule has 36 heavy (non-hydrogen) atoms. The van der Waals surface area contributed by atoms with Gasteiger partial charge in [0.25, 0.3) is 0 Å². The zero-order valence-electron chi connectivity index (χ0n) is 21.2. The molecule has 1 aromatic rings. The van der Waals surface area contributed by atoms with Gasteiger partial charge in [-0.15, -0.1) is 0 Å². The van der Waals surface area contributed by atoms with Gasteiger partial charge in [-0.25, -0.2) is 4.39 Å². The number of nitrogens with zero attached hydrogens (tertiary/aromatic N) is 1. The van der Waals surface area contributed by atoms with Gasteiger partial charge in [-0.05, 0) is 48.8 Å². The fourth-order valence-corrected chi connectivity index (χ4v) is 4.96. The van der Waals surface area contributed by atoms with Gasteiger partial charge in [-0.3, -0.25) is 14.4 Å². The maximum atomic E-state index is 14.0. The summed E-state index contributed by atoms with van der Waals surface area (Å²) in [5.41, 5.74) is -3.12. The highest BCUT2D eigenvalue weighted by molar-refractivity contribution is 5.98. The van der Waals surface area contributed by atoms with Gasteiger partial charge in [-0.1, -0.05) is 34.1 Å². The van der Waals surface area contributed by atoms with Crippen LogP contribution in [0.5, 0.6) is 0 Å². The molecule has 7 nitrogen and oxygen atoms in total. The van der Waals surface area contributed by atoms with Crippen molar-refractivity contribution >= 4 is 23.4 Å². The first-order chi connectivity index (χ1) is 16.6. The Morgan fingerprint density at radius 2 is 1.83 bits per heavy atom. The van der Waals surface area contributed by atoms with E-state index in [4.69, 9.17) is 0 Å². The first kappa shape index (κ1) is 27.7. The van der Waals surface area contributed by atoms with Crippen LogP contribution in [0.2, 0.25) is 0 Å². The number of amides is 3. The van der Waals surface area contributed by atoms with Crippen molar-refractivity contribution in [2.24, 2.45) is 11.3 Å². The molecular formula is C25H34F4N4O3. The second-order valence-electron chi connectivity index (χ2n) is 10.7. The van der Waals surface area contributed by atoms with E-state index in [1.807, 2.05) is 6.92 Å². The average molecular weight is 515 g/mol. The summed E-state index contributed by atoms with van der Waals surface area (Å²) < 4.78 is 53.6. The molecule has 3 amide bonds. The summed E-state index contributed by atoms with van der Waals surface area (Å²) in [6.45, 7) is 7.41. The fraction of sp³-hybridized carbons (Fsp3) is 0.640. The molecule has 2 aliphatic rings. The predicted molar refractivity (Wildman–Crippen MR) is 126 cm³/mol. The van der Waals surface area contributed by atoms with Crippen LogP contribution in [0.25, 0.3) is 0 Å². The third-order valence-corrected chi connectivity index (χ3v) is 7.06. The standard InChI is InChI=1S/C25H34F4N4O3/c1-6-14-13-24(14,22(36)30-5)32-20(34)18-8-7-9-33(18)21(35)19(23(2,3)4)31-17-11-15(25(27,28)29)10-16(26)12-17/h10-12,14,18-19,31H,6-9,13H2,1-5H3,(H,30,36)(H,32,34)/t14?,18?,19-,24?/m1/s1. The van der Waals surface area contributed by atoms with E-state index >= 15 is 0 Å². The molecular weight excluding hydrogens is 480 g/mol. The second kappa shape index (κ2) is 9.89. The third-order valence-electron chi connectivity index (χ3n) is 7.06. The lowest BCUT2D eigenvalue weighted by Crippen LogP contribution is -2.58. The van der Waals surface area contributed by atoms with Crippen LogP contribution in [-0.4, -0.2) is 53.8 Å². The van der Waals surface area contributed by atoms with Crippen LogP contribution in [-0.2, 0) is 20.6 Å². The minimum absolute atomic E-state index is 0.00625. The van der Waals surface area contributed by atoms with Gasteiger partial charge in [0, 0.05) is 19.3 Å². The van der Waals surface area contributed by atoms with Crippen molar-refractivity contribution in [1.82, 2.24) is 15.5 Å². The first-order valence-electron chi connectivity index (χ1n) is 12.1. The summed E-state index contributed by atoms with van der Waals surface area (Å²) >= 11 is 0. The molecule has 2 fully saturated rings. The molecule has 0 bridgehead atoms. The number of benzene rings is 1. The lowest BCUT2D eigenvalue weighted by Gasteiger charge is -2.36. The molecule has 0 aromatic heterocycles. The fourth-order valence-electron chi connectivity index (χ4n) is 4.96. The molecule has 1 heterocycles. The molecule has 1 aromatic carbocycles. The van der Waals surface area contributed by atoms with Gasteiger partial charge in [0.05, 0.1) is 5.56 Å². The van der Waals surface area contributed by atoms with Crippen molar-refractivity contribution < 1.29 is 31.9 Å². The summed E-state index contributed by atoms with van der Waals surface area (Å²) in [4.78, 5) is 40.8. The predicted octanol–water partition coefficient (Wildman–Crippen LogP) is 3.69. The zero-order valence-corrected chi connectivity index (χ0v) is 21.2. The van der Waals surface area contributed by atoms with E-state index in [0.717, 1.165) is 12.1 Å². The summed E-state index contributed by atoms with van der Waals surface area (Å²) in [5, 5.41) is 8.24. The molecule has 200 valence electrons. The molecule has 0 radical (unpaired) electrons. The lowest BCUT2D eigenvalue weighted by atomic mass is 9.85. The summed E-state index contributed by atoms with van der Waals surface area (Å²) in [6, 6.07) is 0.200. The van der Waals surface area contributed by atoms with Crippen molar-refractivity contribution in [3.63, 3.8) is 0 Å². The summed E-state index contributed by atoms with van der Waals surface area (Å²) in [5.74, 6) is -2.26. The smallest absolute Gasteiger partial charge is 0.373 e. The average Bonchev–Trinajstić information content (AvgIpc) is 3.26. The normalized spacial score (nSPS) is 24.8. The van der Waals surface area contributed by atoms with E-state index in [2.05, 4.69) is 16.0 Å². The van der Waals surface area contributed by atoms with E-state index in [0.29, 0.717) is 31.7 Å². The second-order valence-corrected chi connectivity index (χ2v) is 10.7. The van der Waals surface area contributed by atoms with Crippen molar-refractivity contribution in [2.75, 3.05) is 18.9 Å². The summed E-state index contributed by atoms with van der Waals surface area (Å²) in [7, 11) is 1.50. The highest BCUT2D eigenvalue weighted by Crippen LogP contribution is 2.46. The largest absolute Gasteiger partial charge is 0.416 e. The minimum atomic E-state index is -4.75. The number of carbonyl (C=O) groups excluding carboxylic acids is 3. The Hall–Kier alpha value is -2.85. The molecule has 11 heteroatoms. The Labute approximate surface area is 208 Å². The SMILES string of the molecule is CCC1CC1(NC(=O)C1CCCN1C(=O)[C@@H](Nc1cc(F)cc(C(F)(F)F)c1)C(C)(C)C)C(=O)NC. The Balaban J connectivity index is 1.83. The number of hydrogen-bond donors (Lipinski definition) is 3. The number of hydrogen-bond acceptors (Lipinski definition) is 4. The van der Waals surface area contributed by atoms with Crippen LogP contribution in [0.4, 0.5) is 23.2 Å². The van der Waals surface area contributed by atoms with Crippen molar-refractivity contribution in [3.8, 4) is 0 Å². The molecule has 0 spiro atoms. The third kappa shape index (κ3) is 5.59. The highest BCUT2D eigenvalue weighted by Gasteiger charge is 2.60. The highest BCUT2D eigenvalue weighted by atomic mass is 19.4. The Bertz CT molecular complexity index is 1020. The number of likely N-dealkylation sites (tertiary alicyclic amines) is 1. The van der Waals surface area contributed by atoms with E-state index in [1.165, 1.54) is 11.9 Å². The van der Waals surface area contributed by atoms with Crippen LogP contribution in [0, 0.1) is 17.2 Å². The summed E-state index contributed by atoms with van der Waals surface area (Å²) in [6.07, 6.45) is -2.57. The quantitative estimate of drug-likeness (QED) is 0.484. The number of anilines is 1. The lowest BCUT2D eigenvalue weighted by molar-refractivity contribution is -0.141. The Kier molecular flexibility index (Phi) is 7.62. The number of nitrogens with one attached hydrogen (secondary N) is 3. The van der Waals surface area contributed by atoms with E-state index in [9.17, 15) is 31.9 Å². The van der Waals surface area contributed by atoms with Gasteiger partial charge in [-0.2, -0.15) is 13.2 Å². The first-order valence-corrected chi connectivity index (χ1v) is 12.1. The molecule has 1 saturated heterocycles. The van der Waals surface area contributed by atoms with Crippen LogP contribution < -0.4 is 16.0 Å². The molecule has 1 aliphatic carbocycles. The molecule has 3 N–H and O–H groups in total. The topological polar surface area (TPSA) is 90.5 Å². The van der Waals surface area contributed by atoms with E-state index in [-0.39, 0.29) is 24.1 Å². The van der Waals surface area contributed by atoms with Gasteiger partial charge in [0.2, 0.25) is 17.7 Å². The van der Waals surface area contributed by atoms with Crippen LogP contribution in [0.1, 0.15) is 58.9 Å². The zero-order chi connectivity index (χ0) is 27.1. The molecule has 3 unspecified atom stereocenters. The monoisotopic (exact) mass is 514 g/mol. The number of rotatable bonds is 7. The van der Waals surface area contributed by atoms with E-state index < -0.39 is 52.4 Å². The van der Waals surface area contributed by atoms with Crippen LogP contribution >= 0.6 is 0 Å². The Morgan fingerprint density at radius 1 is 1.17 bits per heavy atom. The van der Waals surface area contributed by atoms with Crippen molar-refractivity contribution in [1.29, 1.82) is 0 Å². The van der Waals surface area contributed by atoms with Crippen LogP contribution in [0.3, 0.4) is 0 Å². The molecule has 1 aliphatic heterocycles. The maximum Gasteiger partial charge on any atom is 0.416 e. The van der Waals surface area contributed by atoms with Gasteiger partial charge in [0.15, 0.2) is 0 Å². The van der Waals surface area contributed by atoms with Gasteiger partial charge in [0.1, 0.15) is 23.4 Å². The number of halogens is 4. The number of likely N-dealkylation sites (N-methyl/N-ethyl adjacent to an activating group) is 1. The minimum Gasteiger partial charge on any atom is -0.373 e. The van der Waals surface area contributed by atoms with Gasteiger partial charge < -0.3 is 20.9 Å². The number of alkyl halides is 3. The van der Waals surface area contributed by atoms with Gasteiger partial charge >= 0.3 is 6.18 Å². The molecule has 3 rings (SSSR count). The van der Waals surface area contributed by atoms with Crippen LogP contribution in [0.15, 0.2) is 18.2 Å².